The number of sulfonamides is 1. The van der Waals surface area contributed by atoms with Crippen molar-refractivity contribution in [3.8, 4) is 0 Å². The van der Waals surface area contributed by atoms with E-state index in [-0.39, 0.29) is 28.9 Å². The summed E-state index contributed by atoms with van der Waals surface area (Å²) in [4.78, 5) is 26.7. The molecule has 3 aromatic rings. The summed E-state index contributed by atoms with van der Waals surface area (Å²) >= 11 is 0. The maximum absolute atomic E-state index is 13.5. The Morgan fingerprint density at radius 3 is 2.42 bits per heavy atom. The van der Waals surface area contributed by atoms with Crippen molar-refractivity contribution in [1.82, 2.24) is 9.62 Å². The number of likely N-dealkylation sites (tertiary alicyclic amines) is 1. The highest BCUT2D eigenvalue weighted by atomic mass is 32.2. The Morgan fingerprint density at radius 1 is 1.03 bits per heavy atom. The molecule has 1 aliphatic rings. The normalized spacial score (nSPS) is 18.1. The molecular weight excluding hydrogens is 478 g/mol. The number of fused-ring (bicyclic) bond motifs is 1. The minimum Gasteiger partial charge on any atom is -0.450 e. The fourth-order valence-electron chi connectivity index (χ4n) is 4.60. The average molecular weight is 510 g/mol. The van der Waals surface area contributed by atoms with E-state index in [1.165, 1.54) is 6.07 Å². The number of carbonyl (C=O) groups is 2. The van der Waals surface area contributed by atoms with Gasteiger partial charge in [-0.25, -0.2) is 17.9 Å². The maximum Gasteiger partial charge on any atom is 0.409 e. The Labute approximate surface area is 211 Å². The lowest BCUT2D eigenvalue weighted by Gasteiger charge is -2.36. The van der Waals surface area contributed by atoms with Gasteiger partial charge in [-0.15, -0.1) is 0 Å². The topological polar surface area (TPSA) is 105 Å². The highest BCUT2D eigenvalue weighted by molar-refractivity contribution is 7.89. The number of benzene rings is 3. The number of rotatable bonds is 6. The summed E-state index contributed by atoms with van der Waals surface area (Å²) in [7, 11) is -3.87. The summed E-state index contributed by atoms with van der Waals surface area (Å²) in [6.45, 7) is 6.67. The van der Waals surface area contributed by atoms with Crippen molar-refractivity contribution in [3.63, 3.8) is 0 Å². The molecule has 2 amide bonds. The van der Waals surface area contributed by atoms with Crippen LogP contribution in [-0.4, -0.2) is 51.1 Å². The van der Waals surface area contributed by atoms with Gasteiger partial charge in [0.05, 0.1) is 11.5 Å². The van der Waals surface area contributed by atoms with E-state index in [1.54, 1.807) is 48.2 Å². The summed E-state index contributed by atoms with van der Waals surface area (Å²) in [5, 5.41) is 4.08. The number of nitrogens with zero attached hydrogens (tertiary/aromatic N) is 1. The number of hydrogen-bond donors (Lipinski definition) is 2. The van der Waals surface area contributed by atoms with Gasteiger partial charge in [-0.1, -0.05) is 49.4 Å². The van der Waals surface area contributed by atoms with Crippen LogP contribution >= 0.6 is 0 Å². The van der Waals surface area contributed by atoms with E-state index in [9.17, 15) is 18.0 Å². The fourth-order valence-corrected chi connectivity index (χ4v) is 6.19. The lowest BCUT2D eigenvalue weighted by Crippen LogP contribution is -2.51. The summed E-state index contributed by atoms with van der Waals surface area (Å²) < 4.78 is 34.9. The van der Waals surface area contributed by atoms with Gasteiger partial charge in [-0.3, -0.25) is 4.79 Å². The Kier molecular flexibility index (Phi) is 7.61. The van der Waals surface area contributed by atoms with Crippen LogP contribution < -0.4 is 10.0 Å². The first-order chi connectivity index (χ1) is 17.2. The first-order valence-electron chi connectivity index (χ1n) is 12.0. The molecule has 0 radical (unpaired) electrons. The zero-order valence-electron chi connectivity index (χ0n) is 20.7. The van der Waals surface area contributed by atoms with Crippen molar-refractivity contribution < 1.29 is 22.7 Å². The first-order valence-corrected chi connectivity index (χ1v) is 13.5. The standard InChI is InChI=1S/C27H31N3O5S/c1-4-35-27(32)30-16-15-23(19(3)17-30)29-36(33,34)25-14-13-24(21-11-7-8-12-22(21)25)28-26(31)20-10-6-5-9-18(20)2/h5-14,19,23,29H,4,15-17H2,1-3H3,(H,28,31)/t19-,23?/m0/s1. The van der Waals surface area contributed by atoms with Crippen molar-refractivity contribution in [2.45, 2.75) is 38.1 Å². The number of aryl methyl sites for hydroxylation is 1. The smallest absolute Gasteiger partial charge is 0.409 e. The van der Waals surface area contributed by atoms with Crippen LogP contribution in [0.15, 0.2) is 65.6 Å². The van der Waals surface area contributed by atoms with E-state index >= 15 is 0 Å². The zero-order valence-corrected chi connectivity index (χ0v) is 21.5. The van der Waals surface area contributed by atoms with Gasteiger partial charge in [0.2, 0.25) is 10.0 Å². The van der Waals surface area contributed by atoms with Crippen LogP contribution in [0.5, 0.6) is 0 Å². The molecule has 9 heteroatoms. The SMILES string of the molecule is CCOC(=O)N1CCC(NS(=O)(=O)c2ccc(NC(=O)c3ccccc3C)c3ccccc23)[C@@H](C)C1. The fraction of sp³-hybridized carbons (Fsp3) is 0.333. The third-order valence-corrected chi connectivity index (χ3v) is 8.10. The second-order valence-electron chi connectivity index (χ2n) is 9.06. The third-order valence-electron chi connectivity index (χ3n) is 6.55. The molecule has 3 aromatic carbocycles. The van der Waals surface area contributed by atoms with E-state index in [2.05, 4.69) is 10.0 Å². The van der Waals surface area contributed by atoms with E-state index in [1.807, 2.05) is 32.0 Å². The van der Waals surface area contributed by atoms with Gasteiger partial charge in [0.25, 0.3) is 5.91 Å². The molecule has 8 nitrogen and oxygen atoms in total. The molecule has 190 valence electrons. The first kappa shape index (κ1) is 25.7. The molecule has 1 aliphatic heterocycles. The Balaban J connectivity index is 1.57. The van der Waals surface area contributed by atoms with Crippen LogP contribution in [0.1, 0.15) is 36.2 Å². The van der Waals surface area contributed by atoms with E-state index in [0.29, 0.717) is 48.1 Å². The Bertz CT molecular complexity index is 1390. The third kappa shape index (κ3) is 5.37. The number of piperidine rings is 1. The van der Waals surface area contributed by atoms with E-state index in [4.69, 9.17) is 4.74 Å². The predicted molar refractivity (Wildman–Crippen MR) is 140 cm³/mol. The van der Waals surface area contributed by atoms with Gasteiger partial charge >= 0.3 is 6.09 Å². The summed E-state index contributed by atoms with van der Waals surface area (Å²) in [6, 6.07) is 17.2. The summed E-state index contributed by atoms with van der Waals surface area (Å²) in [5.74, 6) is -0.342. The highest BCUT2D eigenvalue weighted by Crippen LogP contribution is 2.31. The van der Waals surface area contributed by atoms with E-state index < -0.39 is 10.0 Å². The zero-order chi connectivity index (χ0) is 25.9. The minimum atomic E-state index is -3.87. The van der Waals surface area contributed by atoms with Gasteiger partial charge < -0.3 is 15.0 Å². The van der Waals surface area contributed by atoms with Gasteiger partial charge in [-0.05, 0) is 49.9 Å². The van der Waals surface area contributed by atoms with Crippen LogP contribution in [0, 0.1) is 12.8 Å². The molecule has 1 saturated heterocycles. The number of hydrogen-bond acceptors (Lipinski definition) is 5. The molecule has 2 atom stereocenters. The number of ether oxygens (including phenoxy) is 1. The highest BCUT2D eigenvalue weighted by Gasteiger charge is 2.33. The van der Waals surface area contributed by atoms with Crippen molar-refractivity contribution in [1.29, 1.82) is 0 Å². The van der Waals surface area contributed by atoms with Crippen LogP contribution in [0.2, 0.25) is 0 Å². The molecule has 0 bridgehead atoms. The summed E-state index contributed by atoms with van der Waals surface area (Å²) in [5.41, 5.74) is 1.95. The van der Waals surface area contributed by atoms with Gasteiger partial charge in [0, 0.05) is 41.2 Å². The molecule has 2 N–H and O–H groups in total. The lowest BCUT2D eigenvalue weighted by molar-refractivity contribution is 0.0846. The molecule has 1 heterocycles. The van der Waals surface area contributed by atoms with Crippen LogP contribution in [0.3, 0.4) is 0 Å². The molecule has 36 heavy (non-hydrogen) atoms. The van der Waals surface area contributed by atoms with Crippen LogP contribution in [-0.2, 0) is 14.8 Å². The largest absolute Gasteiger partial charge is 0.450 e. The second-order valence-corrected chi connectivity index (χ2v) is 10.7. The van der Waals surface area contributed by atoms with Gasteiger partial charge in [0.1, 0.15) is 0 Å². The molecule has 4 rings (SSSR count). The Morgan fingerprint density at radius 2 is 1.72 bits per heavy atom. The second kappa shape index (κ2) is 10.7. The molecule has 0 aliphatic carbocycles. The number of nitrogens with one attached hydrogen (secondary N) is 2. The number of carbonyl (C=O) groups excluding carboxylic acids is 2. The predicted octanol–water partition coefficient (Wildman–Crippen LogP) is 4.55. The van der Waals surface area contributed by atoms with Crippen LogP contribution in [0.4, 0.5) is 10.5 Å². The number of anilines is 1. The molecule has 0 spiro atoms. The van der Waals surface area contributed by atoms with Crippen LogP contribution in [0.25, 0.3) is 10.8 Å². The van der Waals surface area contributed by atoms with Crippen molar-refractivity contribution >= 4 is 38.5 Å². The van der Waals surface area contributed by atoms with Crippen molar-refractivity contribution in [3.05, 3.63) is 71.8 Å². The van der Waals surface area contributed by atoms with Gasteiger partial charge in [0.15, 0.2) is 0 Å². The van der Waals surface area contributed by atoms with Crippen molar-refractivity contribution in [2.75, 3.05) is 25.0 Å². The van der Waals surface area contributed by atoms with Crippen molar-refractivity contribution in [2.24, 2.45) is 5.92 Å². The summed E-state index contributed by atoms with van der Waals surface area (Å²) in [6.07, 6.45) is 0.113. The minimum absolute atomic E-state index is 0.0862. The van der Waals surface area contributed by atoms with E-state index in [0.717, 1.165) is 5.56 Å². The Hall–Kier alpha value is -3.43. The maximum atomic E-state index is 13.5. The average Bonchev–Trinajstić information content (AvgIpc) is 2.85. The van der Waals surface area contributed by atoms with Gasteiger partial charge in [-0.2, -0.15) is 0 Å². The lowest BCUT2D eigenvalue weighted by atomic mass is 9.95. The molecule has 0 aromatic heterocycles. The monoisotopic (exact) mass is 509 g/mol. The molecule has 1 fully saturated rings. The molecular formula is C27H31N3O5S. The molecule has 1 unspecified atom stereocenters. The quantitative estimate of drug-likeness (QED) is 0.507. The number of amides is 2. The molecule has 0 saturated carbocycles.